The predicted molar refractivity (Wildman–Crippen MR) is 97.7 cm³/mol. The average molecular weight is 356 g/mol. The van der Waals surface area contributed by atoms with Crippen LogP contribution in [0.5, 0.6) is 0 Å². The molecule has 1 aliphatic heterocycles. The molecule has 3 heterocycles. The van der Waals surface area contributed by atoms with Crippen LogP contribution in [0.25, 0.3) is 0 Å². The zero-order chi connectivity index (χ0) is 18.1. The van der Waals surface area contributed by atoms with Gasteiger partial charge >= 0.3 is 5.97 Å². The third kappa shape index (κ3) is 3.23. The maximum absolute atomic E-state index is 10.8. The fraction of sp³-hybridized carbons (Fsp3) is 0.556. The predicted octanol–water partition coefficient (Wildman–Crippen LogP) is 1.74. The van der Waals surface area contributed by atoms with Crippen LogP contribution in [0, 0.1) is 0 Å². The van der Waals surface area contributed by atoms with Crippen molar-refractivity contribution in [2.75, 3.05) is 30.4 Å². The first-order chi connectivity index (χ1) is 12.6. The second kappa shape index (κ2) is 6.93. The Kier molecular flexibility index (Phi) is 4.48. The van der Waals surface area contributed by atoms with E-state index in [1.54, 1.807) is 0 Å². The number of carbonyl (C=O) groups is 1. The lowest BCUT2D eigenvalue weighted by Crippen LogP contribution is -2.34. The SMILES string of the molecule is CNc1nc(N2CCC(c3cc(CC(=O)O)[nH]n3)CC2)nc2c1CCC2. The van der Waals surface area contributed by atoms with Crippen LogP contribution >= 0.6 is 0 Å². The van der Waals surface area contributed by atoms with Crippen LogP contribution in [0.15, 0.2) is 6.07 Å². The van der Waals surface area contributed by atoms with Crippen molar-refractivity contribution in [2.45, 2.75) is 44.4 Å². The van der Waals surface area contributed by atoms with E-state index in [-0.39, 0.29) is 6.42 Å². The molecule has 138 valence electrons. The van der Waals surface area contributed by atoms with Crippen LogP contribution in [0.4, 0.5) is 11.8 Å². The molecule has 4 rings (SSSR count). The number of nitrogens with zero attached hydrogens (tertiary/aromatic N) is 4. The lowest BCUT2D eigenvalue weighted by Gasteiger charge is -2.31. The maximum atomic E-state index is 10.8. The van der Waals surface area contributed by atoms with Gasteiger partial charge in [-0.1, -0.05) is 0 Å². The quantitative estimate of drug-likeness (QED) is 0.749. The Labute approximate surface area is 152 Å². The van der Waals surface area contributed by atoms with Crippen molar-refractivity contribution in [1.82, 2.24) is 20.2 Å². The van der Waals surface area contributed by atoms with Gasteiger partial charge in [0.05, 0.1) is 17.8 Å². The summed E-state index contributed by atoms with van der Waals surface area (Å²) in [5, 5.41) is 19.3. The van der Waals surface area contributed by atoms with Gasteiger partial charge in [-0.05, 0) is 38.2 Å². The summed E-state index contributed by atoms with van der Waals surface area (Å²) in [6.45, 7) is 1.77. The van der Waals surface area contributed by atoms with Gasteiger partial charge in [-0.25, -0.2) is 4.98 Å². The molecule has 0 aromatic carbocycles. The smallest absolute Gasteiger partial charge is 0.309 e. The molecule has 0 atom stereocenters. The highest BCUT2D eigenvalue weighted by Gasteiger charge is 2.26. The molecule has 0 unspecified atom stereocenters. The van der Waals surface area contributed by atoms with Gasteiger partial charge in [0.1, 0.15) is 5.82 Å². The second-order valence-electron chi connectivity index (χ2n) is 7.05. The third-order valence-corrected chi connectivity index (χ3v) is 5.35. The molecule has 2 aromatic rings. The van der Waals surface area contributed by atoms with E-state index in [2.05, 4.69) is 20.4 Å². The first kappa shape index (κ1) is 16.8. The summed E-state index contributed by atoms with van der Waals surface area (Å²) >= 11 is 0. The zero-order valence-corrected chi connectivity index (χ0v) is 15.0. The highest BCUT2D eigenvalue weighted by molar-refractivity contribution is 5.69. The largest absolute Gasteiger partial charge is 0.481 e. The van der Waals surface area contributed by atoms with E-state index in [0.717, 1.165) is 62.7 Å². The molecule has 1 aliphatic carbocycles. The molecule has 2 aromatic heterocycles. The molecule has 0 bridgehead atoms. The van der Waals surface area contributed by atoms with Crippen molar-refractivity contribution >= 4 is 17.7 Å². The molecule has 1 saturated heterocycles. The van der Waals surface area contributed by atoms with Gasteiger partial charge in [-0.3, -0.25) is 9.89 Å². The summed E-state index contributed by atoms with van der Waals surface area (Å²) in [6, 6.07) is 1.89. The summed E-state index contributed by atoms with van der Waals surface area (Å²) in [4.78, 5) is 22.6. The normalized spacial score (nSPS) is 17.3. The molecule has 26 heavy (non-hydrogen) atoms. The number of nitrogens with one attached hydrogen (secondary N) is 2. The fourth-order valence-electron chi connectivity index (χ4n) is 3.98. The third-order valence-electron chi connectivity index (χ3n) is 5.35. The van der Waals surface area contributed by atoms with Crippen molar-refractivity contribution in [3.8, 4) is 0 Å². The van der Waals surface area contributed by atoms with Gasteiger partial charge in [-0.2, -0.15) is 10.1 Å². The minimum atomic E-state index is -0.843. The lowest BCUT2D eigenvalue weighted by molar-refractivity contribution is -0.136. The molecule has 2 aliphatic rings. The van der Waals surface area contributed by atoms with Crippen LogP contribution < -0.4 is 10.2 Å². The first-order valence-corrected chi connectivity index (χ1v) is 9.22. The number of aryl methyl sites for hydroxylation is 1. The Morgan fingerprint density at radius 2 is 2.15 bits per heavy atom. The van der Waals surface area contributed by atoms with E-state index in [0.29, 0.717) is 11.6 Å². The van der Waals surface area contributed by atoms with Gasteiger partial charge in [0.15, 0.2) is 0 Å². The van der Waals surface area contributed by atoms with Crippen molar-refractivity contribution in [3.63, 3.8) is 0 Å². The van der Waals surface area contributed by atoms with Crippen molar-refractivity contribution < 1.29 is 9.90 Å². The van der Waals surface area contributed by atoms with Crippen molar-refractivity contribution in [1.29, 1.82) is 0 Å². The van der Waals surface area contributed by atoms with Crippen molar-refractivity contribution in [3.05, 3.63) is 28.7 Å². The Bertz CT molecular complexity index is 810. The number of hydrogen-bond acceptors (Lipinski definition) is 6. The number of H-pyrrole nitrogens is 1. The number of carboxylic acids is 1. The van der Waals surface area contributed by atoms with Crippen LogP contribution in [0.3, 0.4) is 0 Å². The van der Waals surface area contributed by atoms with E-state index in [1.807, 2.05) is 13.1 Å². The minimum Gasteiger partial charge on any atom is -0.481 e. The van der Waals surface area contributed by atoms with E-state index in [1.165, 1.54) is 11.3 Å². The first-order valence-electron chi connectivity index (χ1n) is 9.22. The number of carboxylic acid groups (broad SMARTS) is 1. The number of aromatic nitrogens is 4. The summed E-state index contributed by atoms with van der Waals surface area (Å²) < 4.78 is 0. The van der Waals surface area contributed by atoms with Crippen LogP contribution in [0.1, 0.15) is 47.8 Å². The highest BCUT2D eigenvalue weighted by atomic mass is 16.4. The van der Waals surface area contributed by atoms with Crippen molar-refractivity contribution in [2.24, 2.45) is 0 Å². The van der Waals surface area contributed by atoms with E-state index >= 15 is 0 Å². The number of rotatable bonds is 5. The molecule has 1 fully saturated rings. The molecule has 3 N–H and O–H groups in total. The van der Waals surface area contributed by atoms with Crippen LogP contribution in [-0.4, -0.2) is 51.4 Å². The number of anilines is 2. The standard InChI is InChI=1S/C18H24N6O2/c1-19-17-13-3-2-4-14(13)20-18(21-17)24-7-5-11(6-8-24)15-9-12(22-23-15)10-16(25)26/h9,11H,2-8,10H2,1H3,(H,22,23)(H,25,26)(H,19,20,21). The number of fused-ring (bicyclic) bond motifs is 1. The summed E-state index contributed by atoms with van der Waals surface area (Å²) in [7, 11) is 1.92. The molecule has 0 radical (unpaired) electrons. The Morgan fingerprint density at radius 3 is 2.88 bits per heavy atom. The molecule has 0 spiro atoms. The fourth-order valence-corrected chi connectivity index (χ4v) is 3.98. The number of aliphatic carboxylic acids is 1. The van der Waals surface area contributed by atoms with Crippen LogP contribution in [0.2, 0.25) is 0 Å². The topological polar surface area (TPSA) is 107 Å². The Balaban J connectivity index is 1.44. The van der Waals surface area contributed by atoms with Gasteiger partial charge in [0.25, 0.3) is 0 Å². The Morgan fingerprint density at radius 1 is 1.35 bits per heavy atom. The summed E-state index contributed by atoms with van der Waals surface area (Å²) in [5.74, 6) is 1.30. The van der Waals surface area contributed by atoms with Gasteiger partial charge < -0.3 is 15.3 Å². The molecule has 8 nitrogen and oxygen atoms in total. The molecule has 8 heteroatoms. The molecule has 0 saturated carbocycles. The summed E-state index contributed by atoms with van der Waals surface area (Å²) in [6.07, 6.45) is 5.17. The highest BCUT2D eigenvalue weighted by Crippen LogP contribution is 2.32. The molecular weight excluding hydrogens is 332 g/mol. The Hall–Kier alpha value is -2.64. The van der Waals surface area contributed by atoms with E-state index < -0.39 is 5.97 Å². The zero-order valence-electron chi connectivity index (χ0n) is 15.0. The van der Waals surface area contributed by atoms with Gasteiger partial charge in [0.2, 0.25) is 5.95 Å². The van der Waals surface area contributed by atoms with Crippen LogP contribution in [-0.2, 0) is 24.1 Å². The summed E-state index contributed by atoms with van der Waals surface area (Å²) in [5.41, 5.74) is 4.09. The second-order valence-corrected chi connectivity index (χ2v) is 7.05. The molecule has 0 amide bonds. The monoisotopic (exact) mass is 356 g/mol. The van der Waals surface area contributed by atoms with E-state index in [4.69, 9.17) is 15.1 Å². The lowest BCUT2D eigenvalue weighted by atomic mass is 9.93. The molecular formula is C18H24N6O2. The number of hydrogen-bond donors (Lipinski definition) is 3. The van der Waals surface area contributed by atoms with Gasteiger partial charge in [-0.15, -0.1) is 0 Å². The average Bonchev–Trinajstić information content (AvgIpc) is 3.29. The van der Waals surface area contributed by atoms with Gasteiger partial charge in [0, 0.05) is 37.3 Å². The number of aromatic amines is 1. The number of piperidine rings is 1. The minimum absolute atomic E-state index is 0.0123. The van der Waals surface area contributed by atoms with E-state index in [9.17, 15) is 4.79 Å². The maximum Gasteiger partial charge on any atom is 0.309 e.